The molecule has 0 aromatic carbocycles. The van der Waals surface area contributed by atoms with E-state index in [1.54, 1.807) is 0 Å². The molecular weight excluding hydrogens is 143 g/mol. The molecule has 0 amide bonds. The van der Waals surface area contributed by atoms with Crippen LogP contribution >= 0.6 is 0 Å². The Morgan fingerprint density at radius 2 is 2.00 bits per heavy atom. The third kappa shape index (κ3) is 4.78. The van der Waals surface area contributed by atoms with Gasteiger partial charge in [0.15, 0.2) is 7.28 Å². The second-order valence-corrected chi connectivity index (χ2v) is 2.79. The Morgan fingerprint density at radius 3 is 2.42 bits per heavy atom. The van der Waals surface area contributed by atoms with Gasteiger partial charge in [0.2, 0.25) is 0 Å². The van der Waals surface area contributed by atoms with Crippen molar-refractivity contribution in [3.8, 4) is 0 Å². The van der Waals surface area contributed by atoms with Crippen LogP contribution in [0, 0.1) is 0 Å². The summed E-state index contributed by atoms with van der Waals surface area (Å²) in [4.78, 5) is 0. The molecule has 12 heavy (non-hydrogen) atoms. The van der Waals surface area contributed by atoms with E-state index in [9.17, 15) is 0 Å². The average molecular weight is 160 g/mol. The van der Waals surface area contributed by atoms with Gasteiger partial charge in [-0.15, -0.1) is 5.47 Å². The van der Waals surface area contributed by atoms with Crippen LogP contribution in [-0.2, 0) is 0 Å². The summed E-state index contributed by atoms with van der Waals surface area (Å²) in [6.45, 7) is 9.92. The molecule has 0 aromatic rings. The van der Waals surface area contributed by atoms with E-state index in [0.29, 0.717) is 0 Å². The van der Waals surface area contributed by atoms with Crippen LogP contribution in [0.25, 0.3) is 0 Å². The molecule has 0 unspecified atom stereocenters. The monoisotopic (exact) mass is 160 g/mol. The smallest absolute Gasteiger partial charge is 0.107 e. The van der Waals surface area contributed by atoms with Crippen molar-refractivity contribution in [3.63, 3.8) is 0 Å². The normalized spacial score (nSPS) is 13.6. The molecule has 0 heterocycles. The topological polar surface area (TPSA) is 0 Å². The molecule has 0 fully saturated rings. The van der Waals surface area contributed by atoms with E-state index in [2.05, 4.69) is 38.7 Å². The fraction of sp³-hybridized carbons (Fsp3) is 0.273. The van der Waals surface area contributed by atoms with E-state index in [1.165, 1.54) is 10.9 Å². The van der Waals surface area contributed by atoms with Gasteiger partial charge in [-0.25, -0.2) is 0 Å². The number of allylic oxidation sites excluding steroid dienone is 7. The minimum atomic E-state index is 1.02. The largest absolute Gasteiger partial charge is 0.186 e. The highest BCUT2D eigenvalue weighted by Gasteiger charge is 1.94. The third-order valence-electron chi connectivity index (χ3n) is 1.69. The van der Waals surface area contributed by atoms with Gasteiger partial charge in [0.1, 0.15) is 0 Å². The zero-order chi connectivity index (χ0) is 9.40. The van der Waals surface area contributed by atoms with Crippen LogP contribution in [0.4, 0.5) is 0 Å². The Morgan fingerprint density at radius 1 is 1.33 bits per heavy atom. The van der Waals surface area contributed by atoms with Crippen LogP contribution in [0.5, 0.6) is 0 Å². The minimum absolute atomic E-state index is 1.02. The molecule has 0 saturated heterocycles. The molecule has 0 bridgehead atoms. The lowest BCUT2D eigenvalue weighted by Gasteiger charge is -1.98. The van der Waals surface area contributed by atoms with Crippen LogP contribution in [0.15, 0.2) is 47.9 Å². The van der Waals surface area contributed by atoms with Crippen LogP contribution in [0.3, 0.4) is 0 Å². The molecule has 0 nitrogen and oxygen atoms in total. The van der Waals surface area contributed by atoms with Gasteiger partial charge in [0.05, 0.1) is 0 Å². The predicted octanol–water partition coefficient (Wildman–Crippen LogP) is 2.99. The Kier molecular flexibility index (Phi) is 6.17. The summed E-state index contributed by atoms with van der Waals surface area (Å²) in [5, 5.41) is 0. The van der Waals surface area contributed by atoms with Gasteiger partial charge in [-0.3, -0.25) is 0 Å². The Balaban J connectivity index is 4.34. The molecule has 0 spiro atoms. The van der Waals surface area contributed by atoms with E-state index in [-0.39, 0.29) is 0 Å². The first kappa shape index (κ1) is 11.0. The van der Waals surface area contributed by atoms with Crippen molar-refractivity contribution >= 4 is 7.28 Å². The maximum absolute atomic E-state index is 3.69. The molecule has 0 atom stereocenters. The second kappa shape index (κ2) is 6.72. The summed E-state index contributed by atoms with van der Waals surface area (Å²) in [5.74, 6) is 0. The van der Waals surface area contributed by atoms with Crippen molar-refractivity contribution < 1.29 is 0 Å². The Hall–Kier alpha value is -0.975. The molecule has 0 radical (unpaired) electrons. The first-order valence-electron chi connectivity index (χ1n) is 4.30. The van der Waals surface area contributed by atoms with E-state index >= 15 is 0 Å². The first-order chi connectivity index (χ1) is 5.74. The summed E-state index contributed by atoms with van der Waals surface area (Å²) in [6, 6.07) is 0. The SMILES string of the molecule is C=C/C=C(B/C(C)=C/C)\C=C/C. The van der Waals surface area contributed by atoms with E-state index < -0.39 is 0 Å². The van der Waals surface area contributed by atoms with Crippen molar-refractivity contribution in [2.45, 2.75) is 20.8 Å². The van der Waals surface area contributed by atoms with Crippen LogP contribution in [0.1, 0.15) is 20.8 Å². The predicted molar refractivity (Wildman–Crippen MR) is 59.7 cm³/mol. The lowest BCUT2D eigenvalue weighted by Crippen LogP contribution is -1.95. The molecule has 0 aliphatic carbocycles. The highest BCUT2D eigenvalue weighted by molar-refractivity contribution is 6.54. The molecule has 0 aromatic heterocycles. The van der Waals surface area contributed by atoms with Crippen LogP contribution < -0.4 is 0 Å². The maximum atomic E-state index is 3.69. The summed E-state index contributed by atoms with van der Waals surface area (Å²) < 4.78 is 0. The fourth-order valence-electron chi connectivity index (χ4n) is 0.963. The van der Waals surface area contributed by atoms with Crippen LogP contribution in [0.2, 0.25) is 0 Å². The Bertz CT molecular complexity index is 219. The van der Waals surface area contributed by atoms with E-state index in [1.807, 2.05) is 19.1 Å². The lowest BCUT2D eigenvalue weighted by molar-refractivity contribution is 1.56. The van der Waals surface area contributed by atoms with Crippen molar-refractivity contribution in [2.24, 2.45) is 0 Å². The third-order valence-corrected chi connectivity index (χ3v) is 1.69. The second-order valence-electron chi connectivity index (χ2n) is 2.79. The van der Waals surface area contributed by atoms with Gasteiger partial charge < -0.3 is 0 Å². The molecular formula is C11H17B. The number of hydrogen-bond donors (Lipinski definition) is 0. The van der Waals surface area contributed by atoms with Crippen molar-refractivity contribution in [1.82, 2.24) is 0 Å². The first-order valence-corrected chi connectivity index (χ1v) is 4.30. The van der Waals surface area contributed by atoms with Gasteiger partial charge in [-0.05, 0) is 13.8 Å². The van der Waals surface area contributed by atoms with Crippen molar-refractivity contribution in [2.75, 3.05) is 0 Å². The van der Waals surface area contributed by atoms with Gasteiger partial charge >= 0.3 is 0 Å². The summed E-state index contributed by atoms with van der Waals surface area (Å²) >= 11 is 0. The standard InChI is InChI=1S/C11H17B/c1-5-8-11(9-6-2)12-10(4)7-3/h5-9,12H,1H2,2-4H3/b9-6-,10-7+,11-8+. The molecule has 64 valence electrons. The molecule has 0 rings (SSSR count). The van der Waals surface area contributed by atoms with E-state index in [0.717, 1.165) is 7.28 Å². The van der Waals surface area contributed by atoms with Gasteiger partial charge in [0.25, 0.3) is 0 Å². The van der Waals surface area contributed by atoms with E-state index in [4.69, 9.17) is 0 Å². The zero-order valence-electron chi connectivity index (χ0n) is 8.30. The maximum Gasteiger partial charge on any atom is 0.186 e. The quantitative estimate of drug-likeness (QED) is 0.438. The minimum Gasteiger partial charge on any atom is -0.107 e. The Labute approximate surface area is 76.6 Å². The summed E-state index contributed by atoms with van der Waals surface area (Å²) in [7, 11) is 1.02. The van der Waals surface area contributed by atoms with Crippen molar-refractivity contribution in [3.05, 3.63) is 47.9 Å². The summed E-state index contributed by atoms with van der Waals surface area (Å²) in [6.07, 6.45) is 10.2. The average Bonchev–Trinajstić information content (AvgIpc) is 2.05. The molecule has 1 heteroatoms. The fourth-order valence-corrected chi connectivity index (χ4v) is 0.963. The zero-order valence-corrected chi connectivity index (χ0v) is 8.30. The molecule has 0 aliphatic rings. The lowest BCUT2D eigenvalue weighted by atomic mass is 9.63. The molecule has 0 saturated carbocycles. The highest BCUT2D eigenvalue weighted by atomic mass is 13.8. The van der Waals surface area contributed by atoms with Gasteiger partial charge in [-0.1, -0.05) is 49.4 Å². The van der Waals surface area contributed by atoms with Gasteiger partial charge in [0, 0.05) is 0 Å². The number of rotatable bonds is 4. The molecule has 0 aliphatic heterocycles. The molecule has 0 N–H and O–H groups in total. The summed E-state index contributed by atoms with van der Waals surface area (Å²) in [5.41, 5.74) is 2.70. The van der Waals surface area contributed by atoms with Crippen LogP contribution in [-0.4, -0.2) is 7.28 Å². The number of hydrogen-bond acceptors (Lipinski definition) is 0. The van der Waals surface area contributed by atoms with Gasteiger partial charge in [-0.2, -0.15) is 0 Å². The van der Waals surface area contributed by atoms with Crippen molar-refractivity contribution in [1.29, 1.82) is 0 Å². The highest BCUT2D eigenvalue weighted by Crippen LogP contribution is 2.01.